The third kappa shape index (κ3) is 3.85. The highest BCUT2D eigenvalue weighted by Gasteiger charge is 2.17. The van der Waals surface area contributed by atoms with Crippen molar-refractivity contribution >= 4 is 35.0 Å². The van der Waals surface area contributed by atoms with Crippen molar-refractivity contribution in [2.24, 2.45) is 0 Å². The maximum absolute atomic E-state index is 11.5. The van der Waals surface area contributed by atoms with E-state index in [4.69, 9.17) is 9.52 Å². The standard InChI is InChI=1S/C13H13NO5S2/c1-7-10(5-11(15)16)21-13(14-7)20-6-9-8(3-4-19-9)12(17)18-2/h3-4H,5-6H2,1-2H3,(H,15,16). The van der Waals surface area contributed by atoms with Crippen molar-refractivity contribution < 1.29 is 23.8 Å². The van der Waals surface area contributed by atoms with Gasteiger partial charge in [-0.3, -0.25) is 4.79 Å². The number of aliphatic carboxylic acids is 1. The van der Waals surface area contributed by atoms with Crippen LogP contribution in [0.3, 0.4) is 0 Å². The third-order valence-corrected chi connectivity index (χ3v) is 4.96. The van der Waals surface area contributed by atoms with Gasteiger partial charge in [0, 0.05) is 4.88 Å². The van der Waals surface area contributed by atoms with Crippen LogP contribution in [0.1, 0.15) is 26.7 Å². The molecule has 2 rings (SSSR count). The van der Waals surface area contributed by atoms with Gasteiger partial charge in [0.05, 0.1) is 31.2 Å². The minimum Gasteiger partial charge on any atom is -0.481 e. The molecule has 0 aliphatic heterocycles. The highest BCUT2D eigenvalue weighted by atomic mass is 32.2. The molecule has 21 heavy (non-hydrogen) atoms. The molecule has 0 unspecified atom stereocenters. The number of hydrogen-bond donors (Lipinski definition) is 1. The Bertz CT molecular complexity index is 661. The molecule has 0 radical (unpaired) electrons. The minimum atomic E-state index is -0.877. The Morgan fingerprint density at radius 1 is 1.52 bits per heavy atom. The summed E-state index contributed by atoms with van der Waals surface area (Å²) in [6, 6.07) is 1.56. The number of methoxy groups -OCH3 is 1. The summed E-state index contributed by atoms with van der Waals surface area (Å²) in [5.41, 5.74) is 1.11. The maximum atomic E-state index is 11.5. The second kappa shape index (κ2) is 6.77. The second-order valence-corrected chi connectivity index (χ2v) is 6.40. The molecule has 0 fully saturated rings. The molecule has 112 valence electrons. The molecule has 0 saturated carbocycles. The molecule has 0 atom stereocenters. The Kier molecular flexibility index (Phi) is 5.03. The third-order valence-electron chi connectivity index (χ3n) is 2.66. The number of furan rings is 1. The van der Waals surface area contributed by atoms with E-state index in [9.17, 15) is 9.59 Å². The van der Waals surface area contributed by atoms with Crippen LogP contribution in [-0.2, 0) is 21.7 Å². The summed E-state index contributed by atoms with van der Waals surface area (Å²) in [5, 5.41) is 8.81. The van der Waals surface area contributed by atoms with Gasteiger partial charge in [-0.05, 0) is 13.0 Å². The molecule has 0 spiro atoms. The number of carboxylic acids is 1. The number of esters is 1. The molecule has 0 amide bonds. The summed E-state index contributed by atoms with van der Waals surface area (Å²) >= 11 is 2.74. The summed E-state index contributed by atoms with van der Waals surface area (Å²) in [7, 11) is 1.31. The van der Waals surface area contributed by atoms with E-state index in [-0.39, 0.29) is 6.42 Å². The summed E-state index contributed by atoms with van der Waals surface area (Å²) < 4.78 is 10.7. The Morgan fingerprint density at radius 2 is 2.29 bits per heavy atom. The molecule has 0 aliphatic carbocycles. The van der Waals surface area contributed by atoms with Crippen molar-refractivity contribution in [1.29, 1.82) is 0 Å². The monoisotopic (exact) mass is 327 g/mol. The lowest BCUT2D eigenvalue weighted by atomic mass is 10.3. The lowest BCUT2D eigenvalue weighted by molar-refractivity contribution is -0.136. The number of rotatable bonds is 6. The number of carbonyl (C=O) groups excluding carboxylic acids is 1. The number of carboxylic acid groups (broad SMARTS) is 1. The van der Waals surface area contributed by atoms with E-state index in [1.54, 1.807) is 13.0 Å². The Morgan fingerprint density at radius 3 is 2.95 bits per heavy atom. The summed E-state index contributed by atoms with van der Waals surface area (Å²) in [6.07, 6.45) is 1.41. The zero-order chi connectivity index (χ0) is 15.4. The number of carbonyl (C=O) groups is 2. The number of nitrogens with zero attached hydrogens (tertiary/aromatic N) is 1. The number of aromatic nitrogens is 1. The first-order chi connectivity index (χ1) is 10.0. The fourth-order valence-electron chi connectivity index (χ4n) is 1.64. The van der Waals surface area contributed by atoms with E-state index in [2.05, 4.69) is 9.72 Å². The quantitative estimate of drug-likeness (QED) is 0.644. The number of hydrogen-bond acceptors (Lipinski definition) is 7. The second-order valence-electron chi connectivity index (χ2n) is 4.10. The predicted molar refractivity (Wildman–Crippen MR) is 77.8 cm³/mol. The van der Waals surface area contributed by atoms with Crippen LogP contribution >= 0.6 is 23.1 Å². The van der Waals surface area contributed by atoms with Gasteiger partial charge in [0.2, 0.25) is 0 Å². The van der Waals surface area contributed by atoms with Gasteiger partial charge in [-0.25, -0.2) is 9.78 Å². The van der Waals surface area contributed by atoms with Gasteiger partial charge in [-0.15, -0.1) is 11.3 Å². The maximum Gasteiger partial charge on any atom is 0.341 e. The van der Waals surface area contributed by atoms with Crippen LogP contribution < -0.4 is 0 Å². The number of thiazole rings is 1. The summed E-state index contributed by atoms with van der Waals surface area (Å²) in [4.78, 5) is 27.3. The van der Waals surface area contributed by atoms with Gasteiger partial charge in [-0.1, -0.05) is 11.8 Å². The van der Waals surface area contributed by atoms with E-state index >= 15 is 0 Å². The Labute approximate surface area is 129 Å². The lowest BCUT2D eigenvalue weighted by Crippen LogP contribution is -2.02. The van der Waals surface area contributed by atoms with E-state index in [0.717, 1.165) is 14.9 Å². The fraction of sp³-hybridized carbons (Fsp3) is 0.308. The molecular formula is C13H13NO5S2. The van der Waals surface area contributed by atoms with Gasteiger partial charge in [0.1, 0.15) is 11.3 Å². The molecule has 0 saturated heterocycles. The normalized spacial score (nSPS) is 10.6. The van der Waals surface area contributed by atoms with Crippen molar-refractivity contribution in [3.05, 3.63) is 34.2 Å². The first-order valence-corrected chi connectivity index (χ1v) is 7.77. The molecule has 2 aromatic rings. The molecular weight excluding hydrogens is 314 g/mol. The van der Waals surface area contributed by atoms with Crippen molar-refractivity contribution in [2.45, 2.75) is 23.4 Å². The number of aryl methyl sites for hydroxylation is 1. The van der Waals surface area contributed by atoms with Crippen molar-refractivity contribution in [3.63, 3.8) is 0 Å². The molecule has 0 aliphatic rings. The van der Waals surface area contributed by atoms with Crippen molar-refractivity contribution in [2.75, 3.05) is 7.11 Å². The highest BCUT2D eigenvalue weighted by molar-refractivity contribution is 8.00. The van der Waals surface area contributed by atoms with Gasteiger partial charge in [-0.2, -0.15) is 0 Å². The van der Waals surface area contributed by atoms with Crippen LogP contribution in [0.4, 0.5) is 0 Å². The summed E-state index contributed by atoms with van der Waals surface area (Å²) in [5.74, 6) is -0.380. The van der Waals surface area contributed by atoms with Crippen LogP contribution in [0.25, 0.3) is 0 Å². The van der Waals surface area contributed by atoms with Crippen LogP contribution in [0, 0.1) is 6.92 Å². The van der Waals surface area contributed by atoms with Crippen LogP contribution in [-0.4, -0.2) is 29.1 Å². The number of thioether (sulfide) groups is 1. The van der Waals surface area contributed by atoms with Crippen LogP contribution in [0.15, 0.2) is 21.1 Å². The molecule has 2 heterocycles. The molecule has 6 nitrogen and oxygen atoms in total. The Balaban J connectivity index is 2.05. The van der Waals surface area contributed by atoms with Gasteiger partial charge >= 0.3 is 11.9 Å². The molecule has 0 aromatic carbocycles. The summed E-state index contributed by atoms with van der Waals surface area (Å²) in [6.45, 7) is 1.78. The van der Waals surface area contributed by atoms with Gasteiger partial charge in [0.25, 0.3) is 0 Å². The van der Waals surface area contributed by atoms with E-state index in [0.29, 0.717) is 17.1 Å². The molecule has 2 aromatic heterocycles. The van der Waals surface area contributed by atoms with Gasteiger partial charge < -0.3 is 14.3 Å². The fourth-order valence-corrected chi connectivity index (χ4v) is 3.81. The van der Waals surface area contributed by atoms with E-state index < -0.39 is 11.9 Å². The highest BCUT2D eigenvalue weighted by Crippen LogP contribution is 2.31. The smallest absolute Gasteiger partial charge is 0.341 e. The topological polar surface area (TPSA) is 89.6 Å². The van der Waals surface area contributed by atoms with E-state index in [1.807, 2.05) is 0 Å². The Hall–Kier alpha value is -1.80. The first kappa shape index (κ1) is 15.6. The van der Waals surface area contributed by atoms with Crippen molar-refractivity contribution in [1.82, 2.24) is 4.98 Å². The SMILES string of the molecule is COC(=O)c1ccoc1CSc1nc(C)c(CC(=O)O)s1. The van der Waals surface area contributed by atoms with Crippen LogP contribution in [0.5, 0.6) is 0 Å². The average molecular weight is 327 g/mol. The average Bonchev–Trinajstić information content (AvgIpc) is 3.02. The lowest BCUT2D eigenvalue weighted by Gasteiger charge is -1.99. The molecule has 8 heteroatoms. The zero-order valence-corrected chi connectivity index (χ0v) is 13.0. The molecule has 1 N–H and O–H groups in total. The molecule has 0 bridgehead atoms. The number of ether oxygens (including phenoxy) is 1. The minimum absolute atomic E-state index is 0.0295. The first-order valence-electron chi connectivity index (χ1n) is 5.96. The zero-order valence-electron chi connectivity index (χ0n) is 11.4. The van der Waals surface area contributed by atoms with Gasteiger partial charge in [0.15, 0.2) is 4.34 Å². The largest absolute Gasteiger partial charge is 0.481 e. The predicted octanol–water partition coefficient (Wildman–Crippen LogP) is 2.75. The van der Waals surface area contributed by atoms with E-state index in [1.165, 1.54) is 36.5 Å². The van der Waals surface area contributed by atoms with Crippen LogP contribution in [0.2, 0.25) is 0 Å². The van der Waals surface area contributed by atoms with Crippen molar-refractivity contribution in [3.8, 4) is 0 Å².